The highest BCUT2D eigenvalue weighted by atomic mass is 16.1. The molecule has 13 heavy (non-hydrogen) atoms. The molecule has 0 saturated carbocycles. The summed E-state index contributed by atoms with van der Waals surface area (Å²) in [5.41, 5.74) is 2.11. The van der Waals surface area contributed by atoms with Gasteiger partial charge in [-0.2, -0.15) is 0 Å². The van der Waals surface area contributed by atoms with Crippen molar-refractivity contribution in [3.05, 3.63) is 35.4 Å². The molecular formula is C11H15BO. The Morgan fingerprint density at radius 3 is 2.23 bits per heavy atom. The van der Waals surface area contributed by atoms with Gasteiger partial charge < -0.3 is 0 Å². The molecule has 0 atom stereocenters. The number of hydrogen-bond donors (Lipinski definition) is 0. The van der Waals surface area contributed by atoms with Crippen molar-refractivity contribution in [3.63, 3.8) is 0 Å². The average molecular weight is 174 g/mol. The van der Waals surface area contributed by atoms with E-state index in [1.165, 1.54) is 5.56 Å². The van der Waals surface area contributed by atoms with Crippen molar-refractivity contribution >= 4 is 13.6 Å². The van der Waals surface area contributed by atoms with Gasteiger partial charge in [0.25, 0.3) is 0 Å². The van der Waals surface area contributed by atoms with E-state index in [1.54, 1.807) is 0 Å². The van der Waals surface area contributed by atoms with Crippen molar-refractivity contribution < 1.29 is 4.79 Å². The van der Waals surface area contributed by atoms with Crippen molar-refractivity contribution in [2.75, 3.05) is 0 Å². The van der Waals surface area contributed by atoms with E-state index in [9.17, 15) is 4.79 Å². The molecule has 0 fully saturated rings. The molecule has 0 unspecified atom stereocenters. The number of hydrogen-bond acceptors (Lipinski definition) is 1. The maximum atomic E-state index is 11.3. The molecule has 2 heteroatoms. The van der Waals surface area contributed by atoms with Crippen molar-refractivity contribution in [2.45, 2.75) is 26.1 Å². The van der Waals surface area contributed by atoms with Crippen LogP contribution in [0.5, 0.6) is 0 Å². The highest BCUT2D eigenvalue weighted by molar-refractivity contribution is 6.23. The second-order valence-electron chi connectivity index (χ2n) is 3.55. The van der Waals surface area contributed by atoms with E-state index in [1.807, 2.05) is 32.1 Å². The fraction of sp³-hybridized carbons (Fsp3) is 0.364. The van der Waals surface area contributed by atoms with Gasteiger partial charge in [-0.1, -0.05) is 38.1 Å². The number of Topliss-reactive ketones (excluding diaryl/α,β-unsaturated/α-hetero) is 1. The minimum atomic E-state index is 0.218. The number of carbonyl (C=O) groups is 1. The molecule has 0 aliphatic carbocycles. The Morgan fingerprint density at radius 2 is 1.85 bits per heavy atom. The molecule has 1 aromatic carbocycles. The zero-order valence-corrected chi connectivity index (χ0v) is 8.50. The van der Waals surface area contributed by atoms with Crippen LogP contribution in [0.1, 0.15) is 35.7 Å². The van der Waals surface area contributed by atoms with Gasteiger partial charge in [-0.05, 0) is 17.8 Å². The summed E-state index contributed by atoms with van der Waals surface area (Å²) in [5, 5.41) is 0. The number of rotatable bonds is 3. The molecule has 1 rings (SSSR count). The summed E-state index contributed by atoms with van der Waals surface area (Å²) in [7, 11) is 1.89. The Morgan fingerprint density at radius 1 is 1.31 bits per heavy atom. The van der Waals surface area contributed by atoms with Gasteiger partial charge in [-0.3, -0.25) is 4.79 Å². The van der Waals surface area contributed by atoms with Gasteiger partial charge in [0.1, 0.15) is 7.85 Å². The maximum Gasteiger partial charge on any atom is 0.155 e. The van der Waals surface area contributed by atoms with Crippen LogP contribution in [0.3, 0.4) is 0 Å². The Kier molecular flexibility index (Phi) is 3.29. The van der Waals surface area contributed by atoms with Gasteiger partial charge in [0.2, 0.25) is 0 Å². The molecular weight excluding hydrogens is 159 g/mol. The van der Waals surface area contributed by atoms with Crippen molar-refractivity contribution in [2.24, 2.45) is 0 Å². The Bertz CT molecular complexity index is 287. The van der Waals surface area contributed by atoms with E-state index in [2.05, 4.69) is 13.8 Å². The van der Waals surface area contributed by atoms with Crippen molar-refractivity contribution in [1.29, 1.82) is 0 Å². The molecule has 0 aliphatic heterocycles. The largest absolute Gasteiger partial charge is 0.295 e. The van der Waals surface area contributed by atoms with E-state index < -0.39 is 0 Å². The SMILES string of the molecule is BCC(=O)c1ccc(C(C)C)cc1. The van der Waals surface area contributed by atoms with Crippen LogP contribution in [-0.4, -0.2) is 13.6 Å². The zero-order valence-electron chi connectivity index (χ0n) is 8.50. The maximum absolute atomic E-state index is 11.3. The van der Waals surface area contributed by atoms with Crippen LogP contribution in [0.15, 0.2) is 24.3 Å². The predicted octanol–water partition coefficient (Wildman–Crippen LogP) is 2.04. The second kappa shape index (κ2) is 4.26. The van der Waals surface area contributed by atoms with Crippen LogP contribution in [0.2, 0.25) is 6.32 Å². The Balaban J connectivity index is 2.87. The highest BCUT2D eigenvalue weighted by Gasteiger charge is 2.03. The average Bonchev–Trinajstić information content (AvgIpc) is 2.17. The lowest BCUT2D eigenvalue weighted by Crippen LogP contribution is -1.97. The molecule has 0 heterocycles. The van der Waals surface area contributed by atoms with E-state index in [0.29, 0.717) is 12.2 Å². The van der Waals surface area contributed by atoms with E-state index in [4.69, 9.17) is 0 Å². The summed E-state index contributed by atoms with van der Waals surface area (Å²) < 4.78 is 0. The fourth-order valence-electron chi connectivity index (χ4n) is 1.26. The summed E-state index contributed by atoms with van der Waals surface area (Å²) in [5.74, 6) is 0.751. The van der Waals surface area contributed by atoms with Crippen molar-refractivity contribution in [3.8, 4) is 0 Å². The molecule has 1 nitrogen and oxygen atoms in total. The summed E-state index contributed by atoms with van der Waals surface area (Å²) in [6.07, 6.45) is 0.584. The monoisotopic (exact) mass is 174 g/mol. The Hall–Kier alpha value is -1.05. The van der Waals surface area contributed by atoms with Gasteiger partial charge in [0, 0.05) is 5.56 Å². The first-order valence-electron chi connectivity index (χ1n) is 4.78. The topological polar surface area (TPSA) is 17.1 Å². The molecule has 0 bridgehead atoms. The highest BCUT2D eigenvalue weighted by Crippen LogP contribution is 2.15. The summed E-state index contributed by atoms with van der Waals surface area (Å²) >= 11 is 0. The third kappa shape index (κ3) is 2.45. The van der Waals surface area contributed by atoms with Gasteiger partial charge in [-0.15, -0.1) is 0 Å². The third-order valence-corrected chi connectivity index (χ3v) is 2.22. The molecule has 0 spiro atoms. The minimum Gasteiger partial charge on any atom is -0.295 e. The smallest absolute Gasteiger partial charge is 0.155 e. The number of ketones is 1. The van der Waals surface area contributed by atoms with Crippen LogP contribution in [0.4, 0.5) is 0 Å². The molecule has 0 N–H and O–H groups in total. The molecule has 0 amide bonds. The van der Waals surface area contributed by atoms with Crippen molar-refractivity contribution in [1.82, 2.24) is 0 Å². The first-order valence-corrected chi connectivity index (χ1v) is 4.78. The van der Waals surface area contributed by atoms with Gasteiger partial charge >= 0.3 is 0 Å². The first-order chi connectivity index (χ1) is 6.15. The lowest BCUT2D eigenvalue weighted by atomic mass is 9.94. The lowest BCUT2D eigenvalue weighted by molar-refractivity contribution is 0.101. The molecule has 0 aliphatic rings. The number of carbonyl (C=O) groups excluding carboxylic acids is 1. The summed E-state index contributed by atoms with van der Waals surface area (Å²) in [6, 6.07) is 7.91. The van der Waals surface area contributed by atoms with Crippen LogP contribution in [0.25, 0.3) is 0 Å². The molecule has 0 saturated heterocycles. The molecule has 0 aromatic heterocycles. The van der Waals surface area contributed by atoms with Gasteiger partial charge in [0.05, 0.1) is 0 Å². The van der Waals surface area contributed by atoms with Crippen LogP contribution < -0.4 is 0 Å². The van der Waals surface area contributed by atoms with E-state index in [0.717, 1.165) is 5.56 Å². The minimum absolute atomic E-state index is 0.218. The molecule has 1 aromatic rings. The first kappa shape index (κ1) is 10.0. The second-order valence-corrected chi connectivity index (χ2v) is 3.55. The normalized spacial score (nSPS) is 10.4. The number of benzene rings is 1. The van der Waals surface area contributed by atoms with E-state index in [-0.39, 0.29) is 5.78 Å². The summed E-state index contributed by atoms with van der Waals surface area (Å²) in [6.45, 7) is 4.30. The predicted molar refractivity (Wildman–Crippen MR) is 58.2 cm³/mol. The zero-order chi connectivity index (χ0) is 9.84. The summed E-state index contributed by atoms with van der Waals surface area (Å²) in [4.78, 5) is 11.3. The van der Waals surface area contributed by atoms with E-state index >= 15 is 0 Å². The van der Waals surface area contributed by atoms with Gasteiger partial charge in [-0.25, -0.2) is 0 Å². The van der Waals surface area contributed by atoms with Crippen LogP contribution in [0, 0.1) is 0 Å². The standard InChI is InChI=1S/C11H15BO/c1-8(2)9-3-5-10(6-4-9)11(13)7-12/h3-6,8H,7,12H2,1-2H3. The lowest BCUT2D eigenvalue weighted by Gasteiger charge is -2.05. The van der Waals surface area contributed by atoms with Crippen LogP contribution >= 0.6 is 0 Å². The molecule has 0 radical (unpaired) electrons. The third-order valence-electron chi connectivity index (χ3n) is 2.22. The van der Waals surface area contributed by atoms with Crippen LogP contribution in [-0.2, 0) is 0 Å². The Labute approximate surface area is 80.6 Å². The quantitative estimate of drug-likeness (QED) is 0.506. The van der Waals surface area contributed by atoms with Gasteiger partial charge in [0.15, 0.2) is 5.78 Å². The molecule has 68 valence electrons. The fourth-order valence-corrected chi connectivity index (χ4v) is 1.26.